The quantitative estimate of drug-likeness (QED) is 0.842. The zero-order chi connectivity index (χ0) is 13.9. The van der Waals surface area contributed by atoms with Gasteiger partial charge in [0.1, 0.15) is 5.75 Å². The van der Waals surface area contributed by atoms with Gasteiger partial charge in [-0.2, -0.15) is 0 Å². The number of rotatable bonds is 5. The standard InChI is InChI=1S/C14H21NO3S/c1-18-14-7-6-13(15)8-12(14)10-19(16,17)9-11-4-2-3-5-11/h6-8,11H,2-5,9-10,15H2,1H3. The molecule has 1 aromatic carbocycles. The highest BCUT2D eigenvalue weighted by atomic mass is 32.2. The molecule has 0 unspecified atom stereocenters. The number of nitrogen functional groups attached to an aromatic ring is 1. The van der Waals surface area contributed by atoms with E-state index >= 15 is 0 Å². The van der Waals surface area contributed by atoms with Crippen molar-refractivity contribution in [2.45, 2.75) is 31.4 Å². The van der Waals surface area contributed by atoms with Crippen LogP contribution in [0.3, 0.4) is 0 Å². The molecule has 2 rings (SSSR count). The van der Waals surface area contributed by atoms with E-state index in [1.807, 2.05) is 0 Å². The second kappa shape index (κ2) is 5.82. The average Bonchev–Trinajstić information content (AvgIpc) is 2.80. The zero-order valence-electron chi connectivity index (χ0n) is 11.3. The van der Waals surface area contributed by atoms with E-state index < -0.39 is 9.84 Å². The van der Waals surface area contributed by atoms with E-state index in [1.54, 1.807) is 25.3 Å². The number of sulfone groups is 1. The van der Waals surface area contributed by atoms with Crippen LogP contribution in [0.25, 0.3) is 0 Å². The zero-order valence-corrected chi connectivity index (χ0v) is 12.1. The number of ether oxygens (including phenoxy) is 1. The molecule has 0 amide bonds. The third kappa shape index (κ3) is 3.86. The smallest absolute Gasteiger partial charge is 0.154 e. The maximum atomic E-state index is 12.2. The summed E-state index contributed by atoms with van der Waals surface area (Å²) < 4.78 is 29.7. The molecule has 1 aromatic rings. The molecule has 0 spiro atoms. The maximum absolute atomic E-state index is 12.2. The summed E-state index contributed by atoms with van der Waals surface area (Å²) in [6, 6.07) is 5.12. The van der Waals surface area contributed by atoms with Gasteiger partial charge in [-0.05, 0) is 37.0 Å². The molecule has 1 saturated carbocycles. The number of hydrogen-bond donors (Lipinski definition) is 1. The van der Waals surface area contributed by atoms with Gasteiger partial charge in [-0.3, -0.25) is 0 Å². The van der Waals surface area contributed by atoms with E-state index in [0.29, 0.717) is 22.9 Å². The second-order valence-corrected chi connectivity index (χ2v) is 7.39. The van der Waals surface area contributed by atoms with Crippen LogP contribution >= 0.6 is 0 Å². The molecule has 0 radical (unpaired) electrons. The van der Waals surface area contributed by atoms with Gasteiger partial charge in [0.2, 0.25) is 0 Å². The molecule has 2 N–H and O–H groups in total. The highest BCUT2D eigenvalue weighted by Crippen LogP contribution is 2.29. The van der Waals surface area contributed by atoms with Crippen LogP contribution in [0.2, 0.25) is 0 Å². The van der Waals surface area contributed by atoms with Crippen molar-refractivity contribution in [3.63, 3.8) is 0 Å². The second-order valence-electron chi connectivity index (χ2n) is 5.28. The third-order valence-electron chi connectivity index (χ3n) is 3.64. The summed E-state index contributed by atoms with van der Waals surface area (Å²) in [5.74, 6) is 1.21. The van der Waals surface area contributed by atoms with Crippen molar-refractivity contribution in [2.75, 3.05) is 18.6 Å². The molecule has 106 valence electrons. The van der Waals surface area contributed by atoms with E-state index in [-0.39, 0.29) is 11.5 Å². The molecule has 0 heterocycles. The van der Waals surface area contributed by atoms with Crippen LogP contribution in [0.5, 0.6) is 5.75 Å². The van der Waals surface area contributed by atoms with E-state index in [1.165, 1.54) is 0 Å². The highest BCUT2D eigenvalue weighted by molar-refractivity contribution is 7.90. The van der Waals surface area contributed by atoms with Crippen LogP contribution in [0.15, 0.2) is 18.2 Å². The summed E-state index contributed by atoms with van der Waals surface area (Å²) >= 11 is 0. The van der Waals surface area contributed by atoms with Crippen LogP contribution in [-0.2, 0) is 15.6 Å². The maximum Gasteiger partial charge on any atom is 0.154 e. The first-order chi connectivity index (χ1) is 9.00. The van der Waals surface area contributed by atoms with E-state index in [9.17, 15) is 8.42 Å². The lowest BCUT2D eigenvalue weighted by Crippen LogP contribution is -2.16. The van der Waals surface area contributed by atoms with Crippen molar-refractivity contribution in [3.05, 3.63) is 23.8 Å². The SMILES string of the molecule is COc1ccc(N)cc1CS(=O)(=O)CC1CCCC1. The van der Waals surface area contributed by atoms with Gasteiger partial charge >= 0.3 is 0 Å². The molecule has 5 heteroatoms. The fraction of sp³-hybridized carbons (Fsp3) is 0.571. The minimum Gasteiger partial charge on any atom is -0.496 e. The van der Waals surface area contributed by atoms with E-state index in [2.05, 4.69) is 0 Å². The van der Waals surface area contributed by atoms with Crippen LogP contribution in [-0.4, -0.2) is 21.3 Å². The normalized spacial score (nSPS) is 16.7. The summed E-state index contributed by atoms with van der Waals surface area (Å²) in [7, 11) is -1.56. The predicted octanol–water partition coefficient (Wildman–Crippen LogP) is 2.38. The lowest BCUT2D eigenvalue weighted by Gasteiger charge is -2.12. The Labute approximate surface area is 114 Å². The topological polar surface area (TPSA) is 69.4 Å². The lowest BCUT2D eigenvalue weighted by molar-refractivity contribution is 0.411. The van der Waals surface area contributed by atoms with Gasteiger partial charge in [-0.1, -0.05) is 12.8 Å². The van der Waals surface area contributed by atoms with Crippen LogP contribution < -0.4 is 10.5 Å². The average molecular weight is 283 g/mol. The Hall–Kier alpha value is -1.23. The van der Waals surface area contributed by atoms with Gasteiger partial charge in [-0.15, -0.1) is 0 Å². The number of methoxy groups -OCH3 is 1. The number of nitrogens with two attached hydrogens (primary N) is 1. The number of benzene rings is 1. The Bertz CT molecular complexity index is 534. The molecule has 0 saturated heterocycles. The highest BCUT2D eigenvalue weighted by Gasteiger charge is 2.23. The summed E-state index contributed by atoms with van der Waals surface area (Å²) in [5, 5.41) is 0. The fourth-order valence-corrected chi connectivity index (χ4v) is 4.61. The monoisotopic (exact) mass is 283 g/mol. The largest absolute Gasteiger partial charge is 0.496 e. The van der Waals surface area contributed by atoms with Gasteiger partial charge in [0.05, 0.1) is 18.6 Å². The minimum absolute atomic E-state index is 0.0116. The molecule has 1 aliphatic carbocycles. The molecule has 1 fully saturated rings. The predicted molar refractivity (Wildman–Crippen MR) is 76.9 cm³/mol. The minimum atomic E-state index is -3.10. The first-order valence-corrected chi connectivity index (χ1v) is 8.45. The van der Waals surface area contributed by atoms with Crippen molar-refractivity contribution in [1.82, 2.24) is 0 Å². The van der Waals surface area contributed by atoms with E-state index in [4.69, 9.17) is 10.5 Å². The third-order valence-corrected chi connectivity index (χ3v) is 5.37. The number of hydrogen-bond acceptors (Lipinski definition) is 4. The van der Waals surface area contributed by atoms with Gasteiger partial charge in [-0.25, -0.2) is 8.42 Å². The van der Waals surface area contributed by atoms with E-state index in [0.717, 1.165) is 25.7 Å². The van der Waals surface area contributed by atoms with Gasteiger partial charge in [0.15, 0.2) is 9.84 Å². The van der Waals surface area contributed by atoms with Crippen LogP contribution in [0.4, 0.5) is 5.69 Å². The molecule has 1 aliphatic rings. The van der Waals surface area contributed by atoms with Crippen molar-refractivity contribution >= 4 is 15.5 Å². The Morgan fingerprint density at radius 3 is 2.63 bits per heavy atom. The first-order valence-electron chi connectivity index (χ1n) is 6.63. The Morgan fingerprint density at radius 2 is 2.00 bits per heavy atom. The molecule has 4 nitrogen and oxygen atoms in total. The Morgan fingerprint density at radius 1 is 1.32 bits per heavy atom. The Kier molecular flexibility index (Phi) is 4.34. The first kappa shape index (κ1) is 14.2. The lowest BCUT2D eigenvalue weighted by atomic mass is 10.1. The van der Waals surface area contributed by atoms with Gasteiger partial charge in [0, 0.05) is 11.3 Å². The van der Waals surface area contributed by atoms with Crippen molar-refractivity contribution in [1.29, 1.82) is 0 Å². The summed E-state index contributed by atoms with van der Waals surface area (Å²) in [6.45, 7) is 0. The fourth-order valence-electron chi connectivity index (χ4n) is 2.74. The molecule has 0 aliphatic heterocycles. The Balaban J connectivity index is 2.12. The molecule has 0 aromatic heterocycles. The van der Waals surface area contributed by atoms with Crippen molar-refractivity contribution < 1.29 is 13.2 Å². The van der Waals surface area contributed by atoms with Crippen molar-refractivity contribution in [3.8, 4) is 5.75 Å². The summed E-state index contributed by atoms with van der Waals surface area (Å²) in [5.41, 5.74) is 6.93. The molecular weight excluding hydrogens is 262 g/mol. The van der Waals surface area contributed by atoms with Crippen LogP contribution in [0, 0.1) is 5.92 Å². The summed E-state index contributed by atoms with van der Waals surface area (Å²) in [4.78, 5) is 0. The molecule has 0 bridgehead atoms. The molecule has 0 atom stereocenters. The van der Waals surface area contributed by atoms with Gasteiger partial charge < -0.3 is 10.5 Å². The summed E-state index contributed by atoms with van der Waals surface area (Å²) in [6.07, 6.45) is 4.38. The van der Waals surface area contributed by atoms with Crippen LogP contribution in [0.1, 0.15) is 31.2 Å². The number of anilines is 1. The van der Waals surface area contributed by atoms with Crippen molar-refractivity contribution in [2.24, 2.45) is 5.92 Å². The molecule has 19 heavy (non-hydrogen) atoms. The molecular formula is C14H21NO3S. The van der Waals surface area contributed by atoms with Gasteiger partial charge in [0.25, 0.3) is 0 Å².